The van der Waals surface area contributed by atoms with Crippen molar-refractivity contribution in [2.24, 2.45) is 0 Å². The van der Waals surface area contributed by atoms with Crippen LogP contribution < -0.4 is 4.90 Å². The van der Waals surface area contributed by atoms with Gasteiger partial charge in [0.15, 0.2) is 0 Å². The minimum absolute atomic E-state index is 0.169. The van der Waals surface area contributed by atoms with Crippen molar-refractivity contribution in [1.29, 1.82) is 0 Å². The number of hydrogen-bond donors (Lipinski definition) is 0. The molecule has 0 aliphatic heterocycles. The van der Waals surface area contributed by atoms with Crippen LogP contribution in [0.15, 0.2) is 224 Å². The Bertz CT molecular complexity index is 3700. The molecule has 0 amide bonds. The molecule has 0 saturated heterocycles. The molecule has 0 fully saturated rings. The van der Waals surface area contributed by atoms with Gasteiger partial charge in [-0.3, -0.25) is 0 Å². The predicted octanol–water partition coefficient (Wildman–Crippen LogP) is 16.8. The van der Waals surface area contributed by atoms with Crippen molar-refractivity contribution < 1.29 is 0 Å². The molecular weight excluding hydrogens is 795 g/mol. The molecule has 10 aromatic carbocycles. The van der Waals surface area contributed by atoms with Crippen molar-refractivity contribution >= 4 is 50.3 Å². The summed E-state index contributed by atoms with van der Waals surface area (Å²) in [5.74, 6) is 0. The standard InChI is InChI=1S/C65H45N/c1-64(2)56-37-35-44(39-54(56)55-40-53-48-22-9-8-20-46(48)45-19-6-7-21-47(45)49(53)36-38-57(55)64)66(43-33-31-42(32-34-43)41-17-4-3-5-18-41)62-30-16-29-61-63(62)52-25-12-15-28-60(52)65(61)58-26-13-10-23-50(58)51-24-11-14-27-59(51)65/h3-35,37-40H,36H2,1-2H3. The summed E-state index contributed by atoms with van der Waals surface area (Å²) in [5, 5.41) is 5.31. The molecule has 1 nitrogen and oxygen atoms in total. The highest BCUT2D eigenvalue weighted by molar-refractivity contribution is 6.15. The van der Waals surface area contributed by atoms with Crippen LogP contribution in [0.1, 0.15) is 58.4 Å². The van der Waals surface area contributed by atoms with Crippen molar-refractivity contribution in [3.05, 3.63) is 268 Å². The molecule has 10 aromatic rings. The van der Waals surface area contributed by atoms with Gasteiger partial charge in [0, 0.05) is 22.4 Å². The lowest BCUT2D eigenvalue weighted by Gasteiger charge is -2.32. The number of hydrogen-bond acceptors (Lipinski definition) is 1. The zero-order valence-electron chi connectivity index (χ0n) is 37.0. The van der Waals surface area contributed by atoms with Gasteiger partial charge in [-0.2, -0.15) is 0 Å². The van der Waals surface area contributed by atoms with E-state index in [0.29, 0.717) is 0 Å². The Hall–Kier alpha value is -8.00. The minimum atomic E-state index is -0.439. The van der Waals surface area contributed by atoms with E-state index >= 15 is 0 Å². The predicted molar refractivity (Wildman–Crippen MR) is 277 cm³/mol. The van der Waals surface area contributed by atoms with Crippen molar-refractivity contribution in [3.63, 3.8) is 0 Å². The van der Waals surface area contributed by atoms with Crippen molar-refractivity contribution in [1.82, 2.24) is 0 Å². The van der Waals surface area contributed by atoms with E-state index in [0.717, 1.165) is 17.8 Å². The Morgan fingerprint density at radius 1 is 0.409 bits per heavy atom. The minimum Gasteiger partial charge on any atom is -0.310 e. The van der Waals surface area contributed by atoms with E-state index in [1.807, 2.05) is 0 Å². The molecule has 0 unspecified atom stereocenters. The second-order valence-electron chi connectivity index (χ2n) is 19.1. The van der Waals surface area contributed by atoms with E-state index in [4.69, 9.17) is 0 Å². The average Bonchev–Trinajstić information content (AvgIpc) is 3.84. The molecule has 0 atom stereocenters. The maximum atomic E-state index is 2.54. The quantitative estimate of drug-likeness (QED) is 0.160. The van der Waals surface area contributed by atoms with Crippen LogP contribution in [0.3, 0.4) is 0 Å². The second kappa shape index (κ2) is 13.8. The molecule has 1 heteroatoms. The summed E-state index contributed by atoms with van der Waals surface area (Å²) in [4.78, 5) is 2.54. The fourth-order valence-electron chi connectivity index (χ4n) is 12.7. The number of anilines is 3. The van der Waals surface area contributed by atoms with Gasteiger partial charge in [-0.15, -0.1) is 0 Å². The topological polar surface area (TPSA) is 3.24 Å². The number of allylic oxidation sites excluding steroid dienone is 3. The molecule has 1 spiro atoms. The molecule has 66 heavy (non-hydrogen) atoms. The van der Waals surface area contributed by atoms with Gasteiger partial charge >= 0.3 is 0 Å². The Morgan fingerprint density at radius 3 is 1.67 bits per heavy atom. The maximum Gasteiger partial charge on any atom is 0.0726 e. The highest BCUT2D eigenvalue weighted by atomic mass is 15.1. The summed E-state index contributed by atoms with van der Waals surface area (Å²) in [6.07, 6.45) is 5.97. The molecule has 0 saturated carbocycles. The van der Waals surface area contributed by atoms with Crippen LogP contribution in [0, 0.1) is 0 Å². The van der Waals surface area contributed by atoms with Crippen LogP contribution in [-0.2, 0) is 17.3 Å². The van der Waals surface area contributed by atoms with Crippen molar-refractivity contribution in [2.75, 3.05) is 4.90 Å². The first-order chi connectivity index (χ1) is 32.5. The van der Waals surface area contributed by atoms with Gasteiger partial charge < -0.3 is 4.90 Å². The third kappa shape index (κ3) is 4.95. The Labute approximate surface area is 386 Å². The molecule has 0 radical (unpaired) electrons. The first-order valence-electron chi connectivity index (χ1n) is 23.4. The van der Waals surface area contributed by atoms with Crippen LogP contribution in [0.4, 0.5) is 17.1 Å². The Balaban J connectivity index is 1.02. The van der Waals surface area contributed by atoms with Gasteiger partial charge in [-0.1, -0.05) is 202 Å². The monoisotopic (exact) mass is 839 g/mol. The summed E-state index contributed by atoms with van der Waals surface area (Å²) in [5.41, 5.74) is 24.0. The molecule has 0 heterocycles. The third-order valence-corrected chi connectivity index (χ3v) is 15.5. The molecule has 0 N–H and O–H groups in total. The largest absolute Gasteiger partial charge is 0.310 e. The SMILES string of the molecule is CC1(C)C2=CCc3c(c4ccccc4c4ccccc34)C=C2c2cc(N(c3ccc(-c4ccccc4)cc3)c3cccc4c3-c3ccccc3C43c4ccccc4-c4ccccc43)ccc21. The first kappa shape index (κ1) is 37.4. The summed E-state index contributed by atoms with van der Waals surface area (Å²) in [7, 11) is 0. The van der Waals surface area contributed by atoms with Gasteiger partial charge in [0.05, 0.1) is 11.1 Å². The van der Waals surface area contributed by atoms with E-state index in [9.17, 15) is 0 Å². The average molecular weight is 840 g/mol. The van der Waals surface area contributed by atoms with Crippen LogP contribution in [0.2, 0.25) is 0 Å². The first-order valence-corrected chi connectivity index (χ1v) is 23.4. The van der Waals surface area contributed by atoms with Crippen molar-refractivity contribution in [2.45, 2.75) is 31.1 Å². The second-order valence-corrected chi connectivity index (χ2v) is 19.1. The fraction of sp³-hybridized carbons (Fsp3) is 0.0769. The lowest BCUT2D eigenvalue weighted by Crippen LogP contribution is -2.26. The van der Waals surface area contributed by atoms with Crippen molar-refractivity contribution in [3.8, 4) is 33.4 Å². The fourth-order valence-corrected chi connectivity index (χ4v) is 12.7. The molecule has 14 rings (SSSR count). The molecule has 4 aliphatic rings. The van der Waals surface area contributed by atoms with Gasteiger partial charge in [0.2, 0.25) is 0 Å². The lowest BCUT2D eigenvalue weighted by molar-refractivity contribution is 0.658. The zero-order chi connectivity index (χ0) is 43.7. The lowest BCUT2D eigenvalue weighted by atomic mass is 9.70. The third-order valence-electron chi connectivity index (χ3n) is 15.5. The Kier molecular flexibility index (Phi) is 7.79. The maximum absolute atomic E-state index is 2.54. The van der Waals surface area contributed by atoms with E-state index in [1.165, 1.54) is 116 Å². The molecule has 4 aliphatic carbocycles. The number of rotatable bonds is 4. The van der Waals surface area contributed by atoms with Crippen LogP contribution in [0.25, 0.3) is 66.6 Å². The van der Waals surface area contributed by atoms with E-state index in [1.54, 1.807) is 0 Å². The summed E-state index contributed by atoms with van der Waals surface area (Å²) in [6.45, 7) is 4.84. The van der Waals surface area contributed by atoms with Crippen LogP contribution in [-0.4, -0.2) is 0 Å². The van der Waals surface area contributed by atoms with E-state index in [-0.39, 0.29) is 5.41 Å². The van der Waals surface area contributed by atoms with Gasteiger partial charge in [0.1, 0.15) is 0 Å². The highest BCUT2D eigenvalue weighted by Crippen LogP contribution is 2.65. The molecule has 0 aromatic heterocycles. The summed E-state index contributed by atoms with van der Waals surface area (Å²) < 4.78 is 0. The van der Waals surface area contributed by atoms with Crippen LogP contribution >= 0.6 is 0 Å². The van der Waals surface area contributed by atoms with Crippen LogP contribution in [0.5, 0.6) is 0 Å². The summed E-state index contributed by atoms with van der Waals surface area (Å²) in [6, 6.07) is 79.7. The zero-order valence-corrected chi connectivity index (χ0v) is 37.0. The highest BCUT2D eigenvalue weighted by Gasteiger charge is 2.52. The molecule has 0 bridgehead atoms. The number of nitrogens with zero attached hydrogens (tertiary/aromatic N) is 1. The smallest absolute Gasteiger partial charge is 0.0726 e. The molecular formula is C65H45N. The van der Waals surface area contributed by atoms with Gasteiger partial charge in [0.25, 0.3) is 0 Å². The summed E-state index contributed by atoms with van der Waals surface area (Å²) >= 11 is 0. The molecule has 310 valence electrons. The number of fused-ring (bicyclic) bond motifs is 19. The van der Waals surface area contributed by atoms with Gasteiger partial charge in [-0.05, 0) is 148 Å². The van der Waals surface area contributed by atoms with Gasteiger partial charge in [-0.25, -0.2) is 0 Å². The number of benzene rings is 10. The van der Waals surface area contributed by atoms with E-state index < -0.39 is 5.41 Å². The van der Waals surface area contributed by atoms with E-state index in [2.05, 4.69) is 243 Å². The Morgan fingerprint density at radius 2 is 0.955 bits per heavy atom. The normalized spacial score (nSPS) is 15.2.